The minimum absolute atomic E-state index is 0.348. The van der Waals surface area contributed by atoms with Gasteiger partial charge in [-0.1, -0.05) is 11.9 Å². The van der Waals surface area contributed by atoms with Crippen molar-refractivity contribution in [1.82, 2.24) is 9.21 Å². The molecule has 0 aromatic carbocycles. The fourth-order valence-corrected chi connectivity index (χ4v) is 2.29. The maximum atomic E-state index is 5.59. The molecule has 3 nitrogen and oxygen atoms in total. The molecule has 0 saturated carbocycles. The van der Waals surface area contributed by atoms with Crippen LogP contribution in [0.3, 0.4) is 0 Å². The molecule has 0 aliphatic carbocycles. The normalized spacial score (nSPS) is 39.8. The second kappa shape index (κ2) is 2.94. The van der Waals surface area contributed by atoms with Crippen molar-refractivity contribution in [2.45, 2.75) is 12.3 Å². The van der Waals surface area contributed by atoms with Crippen LogP contribution >= 0.6 is 11.9 Å². The number of fused-ring (bicyclic) bond motifs is 2. The summed E-state index contributed by atoms with van der Waals surface area (Å²) in [6.07, 6.45) is 2.48. The van der Waals surface area contributed by atoms with Crippen molar-refractivity contribution in [3.8, 4) is 0 Å². The molecule has 0 aromatic heterocycles. The van der Waals surface area contributed by atoms with Gasteiger partial charge in [0.1, 0.15) is 6.23 Å². The number of hydrogen-bond donors (Lipinski definition) is 0. The molecule has 0 amide bonds. The van der Waals surface area contributed by atoms with Crippen molar-refractivity contribution in [1.29, 1.82) is 0 Å². The average molecular weight is 174 g/mol. The van der Waals surface area contributed by atoms with Gasteiger partial charge in [0.2, 0.25) is 0 Å². The second-order valence-corrected chi connectivity index (χ2v) is 4.02. The molecule has 2 saturated heterocycles. The van der Waals surface area contributed by atoms with Gasteiger partial charge in [-0.3, -0.25) is 4.90 Å². The highest BCUT2D eigenvalue weighted by Gasteiger charge is 2.38. The highest BCUT2D eigenvalue weighted by atomic mass is 32.2. The molecule has 0 aromatic rings. The first kappa shape index (κ1) is 7.86. The van der Waals surface area contributed by atoms with Crippen LogP contribution < -0.4 is 0 Å². The summed E-state index contributed by atoms with van der Waals surface area (Å²) in [6.45, 7) is 3.11. The molecule has 2 fully saturated rings. The van der Waals surface area contributed by atoms with Crippen LogP contribution in [0, 0.1) is 0 Å². The number of hydrogen-bond acceptors (Lipinski definition) is 4. The molecular formula is C7H14N2OS. The third kappa shape index (κ3) is 1.28. The summed E-state index contributed by atoms with van der Waals surface area (Å²) in [5.74, 6) is 0. The van der Waals surface area contributed by atoms with Crippen LogP contribution in [0.5, 0.6) is 0 Å². The van der Waals surface area contributed by atoms with E-state index in [0.29, 0.717) is 12.3 Å². The second-order valence-electron chi connectivity index (χ2n) is 3.14. The predicted molar refractivity (Wildman–Crippen MR) is 46.4 cm³/mol. The van der Waals surface area contributed by atoms with Crippen LogP contribution in [0.25, 0.3) is 0 Å². The quantitative estimate of drug-likeness (QED) is 0.529. The van der Waals surface area contributed by atoms with Crippen molar-refractivity contribution in [2.75, 3.05) is 33.0 Å². The van der Waals surface area contributed by atoms with Crippen LogP contribution in [0.4, 0.5) is 0 Å². The maximum absolute atomic E-state index is 5.59. The van der Waals surface area contributed by atoms with E-state index in [-0.39, 0.29) is 0 Å². The molecule has 2 unspecified atom stereocenters. The van der Waals surface area contributed by atoms with Crippen molar-refractivity contribution in [3.05, 3.63) is 0 Å². The monoisotopic (exact) mass is 174 g/mol. The lowest BCUT2D eigenvalue weighted by molar-refractivity contribution is 0.0182. The number of ether oxygens (including phenoxy) is 1. The van der Waals surface area contributed by atoms with Crippen LogP contribution in [-0.4, -0.2) is 54.5 Å². The molecule has 11 heavy (non-hydrogen) atoms. The molecule has 2 atom stereocenters. The molecule has 4 heteroatoms. The Morgan fingerprint density at radius 1 is 1.45 bits per heavy atom. The smallest absolute Gasteiger partial charge is 0.124 e. The standard InChI is InChI=1S/C7H14N2OS/c1-8-6-3-9(11-2)4-7(8)10-5-6/h6-7H,3-5H2,1-2H3. The Morgan fingerprint density at radius 2 is 2.27 bits per heavy atom. The molecule has 2 aliphatic rings. The van der Waals surface area contributed by atoms with Gasteiger partial charge in [0.05, 0.1) is 6.61 Å². The van der Waals surface area contributed by atoms with Crippen LogP contribution in [0.2, 0.25) is 0 Å². The first-order valence-corrected chi connectivity index (χ1v) is 5.12. The van der Waals surface area contributed by atoms with E-state index in [1.165, 1.54) is 0 Å². The number of likely N-dealkylation sites (N-methyl/N-ethyl adjacent to an activating group) is 1. The topological polar surface area (TPSA) is 15.7 Å². The van der Waals surface area contributed by atoms with E-state index >= 15 is 0 Å². The number of piperazine rings is 1. The minimum atomic E-state index is 0.348. The fourth-order valence-electron chi connectivity index (χ4n) is 1.69. The van der Waals surface area contributed by atoms with Gasteiger partial charge in [-0.2, -0.15) is 0 Å². The Labute approximate surface area is 71.8 Å². The maximum Gasteiger partial charge on any atom is 0.124 e. The summed E-state index contributed by atoms with van der Waals surface area (Å²) in [7, 11) is 2.15. The van der Waals surface area contributed by atoms with Crippen molar-refractivity contribution in [3.63, 3.8) is 0 Å². The van der Waals surface area contributed by atoms with E-state index in [4.69, 9.17) is 4.74 Å². The highest BCUT2D eigenvalue weighted by molar-refractivity contribution is 7.96. The third-order valence-corrected chi connectivity index (χ3v) is 3.36. The van der Waals surface area contributed by atoms with Gasteiger partial charge in [0.25, 0.3) is 0 Å². The van der Waals surface area contributed by atoms with Crippen LogP contribution in [0.1, 0.15) is 0 Å². The molecule has 64 valence electrons. The molecule has 2 bridgehead atoms. The zero-order valence-electron chi connectivity index (χ0n) is 6.99. The van der Waals surface area contributed by atoms with Gasteiger partial charge >= 0.3 is 0 Å². The fraction of sp³-hybridized carbons (Fsp3) is 1.00. The average Bonchev–Trinajstić information content (AvgIpc) is 2.26. The lowest BCUT2D eigenvalue weighted by Crippen LogP contribution is -2.49. The van der Waals surface area contributed by atoms with Gasteiger partial charge in [0, 0.05) is 19.1 Å². The Kier molecular flexibility index (Phi) is 2.10. The summed E-state index contributed by atoms with van der Waals surface area (Å²) in [6, 6.07) is 0.626. The summed E-state index contributed by atoms with van der Waals surface area (Å²) in [4.78, 5) is 2.34. The van der Waals surface area contributed by atoms with Gasteiger partial charge in [-0.25, -0.2) is 4.31 Å². The third-order valence-electron chi connectivity index (χ3n) is 2.54. The molecule has 2 heterocycles. The van der Waals surface area contributed by atoms with Gasteiger partial charge in [0.15, 0.2) is 0 Å². The Morgan fingerprint density at radius 3 is 2.91 bits per heavy atom. The Balaban J connectivity index is 2.02. The lowest BCUT2D eigenvalue weighted by Gasteiger charge is -2.35. The molecule has 0 N–H and O–H groups in total. The Bertz CT molecular complexity index is 141. The zero-order valence-corrected chi connectivity index (χ0v) is 7.80. The van der Waals surface area contributed by atoms with Crippen molar-refractivity contribution >= 4 is 11.9 Å². The first-order chi connectivity index (χ1) is 5.31. The minimum Gasteiger partial charge on any atom is -0.360 e. The first-order valence-electron chi connectivity index (χ1n) is 3.94. The van der Waals surface area contributed by atoms with Crippen molar-refractivity contribution < 1.29 is 4.74 Å². The van der Waals surface area contributed by atoms with E-state index in [2.05, 4.69) is 22.5 Å². The van der Waals surface area contributed by atoms with Crippen LogP contribution in [-0.2, 0) is 4.74 Å². The van der Waals surface area contributed by atoms with Crippen LogP contribution in [0.15, 0.2) is 0 Å². The van der Waals surface area contributed by atoms with E-state index in [0.717, 1.165) is 19.7 Å². The molecule has 0 spiro atoms. The highest BCUT2D eigenvalue weighted by Crippen LogP contribution is 2.25. The van der Waals surface area contributed by atoms with E-state index < -0.39 is 0 Å². The van der Waals surface area contributed by atoms with E-state index in [9.17, 15) is 0 Å². The number of nitrogens with zero attached hydrogens (tertiary/aromatic N) is 2. The van der Waals surface area contributed by atoms with E-state index in [1.54, 1.807) is 0 Å². The predicted octanol–water partition coefficient (Wildman–Crippen LogP) is 0.237. The van der Waals surface area contributed by atoms with Gasteiger partial charge in [-0.05, 0) is 13.3 Å². The SMILES string of the molecule is CSN1CC2COC(C1)N2C. The molecule has 0 radical (unpaired) electrons. The summed E-state index contributed by atoms with van der Waals surface area (Å²) in [5.41, 5.74) is 0. The Hall–Kier alpha value is 0.230. The van der Waals surface area contributed by atoms with Gasteiger partial charge < -0.3 is 4.74 Å². The summed E-state index contributed by atoms with van der Waals surface area (Å²) < 4.78 is 7.97. The summed E-state index contributed by atoms with van der Waals surface area (Å²) >= 11 is 1.82. The molecule has 2 rings (SSSR count). The zero-order chi connectivity index (χ0) is 7.84. The van der Waals surface area contributed by atoms with E-state index in [1.807, 2.05) is 11.9 Å². The van der Waals surface area contributed by atoms with Gasteiger partial charge in [-0.15, -0.1) is 0 Å². The molecular weight excluding hydrogens is 160 g/mol. The molecule has 2 aliphatic heterocycles. The number of rotatable bonds is 1. The lowest BCUT2D eigenvalue weighted by atomic mass is 10.2. The largest absolute Gasteiger partial charge is 0.360 e. The van der Waals surface area contributed by atoms with Crippen molar-refractivity contribution in [2.24, 2.45) is 0 Å². The summed E-state index contributed by atoms with van der Waals surface area (Å²) in [5, 5.41) is 0.